The molecule has 3 atom stereocenters. The Morgan fingerprint density at radius 3 is 2.61 bits per heavy atom. The van der Waals surface area contributed by atoms with Crippen LogP contribution >= 0.6 is 0 Å². The van der Waals surface area contributed by atoms with E-state index in [1.165, 1.54) is 0 Å². The molecule has 31 heavy (non-hydrogen) atoms. The van der Waals surface area contributed by atoms with Gasteiger partial charge in [-0.15, -0.1) is 0 Å². The zero-order valence-corrected chi connectivity index (χ0v) is 19.2. The summed E-state index contributed by atoms with van der Waals surface area (Å²) in [7, 11) is 1.66. The van der Waals surface area contributed by atoms with Crippen LogP contribution in [0, 0.1) is 13.8 Å². The molecule has 0 saturated carbocycles. The lowest BCUT2D eigenvalue weighted by atomic mass is 9.81. The first-order valence-corrected chi connectivity index (χ1v) is 10.8. The molecule has 1 heterocycles. The summed E-state index contributed by atoms with van der Waals surface area (Å²) >= 11 is 0. The largest absolute Gasteiger partial charge is 0.496 e. The van der Waals surface area contributed by atoms with Gasteiger partial charge in [0.05, 0.1) is 38.5 Å². The summed E-state index contributed by atoms with van der Waals surface area (Å²) in [5, 5.41) is 18.7. The lowest BCUT2D eigenvalue weighted by Crippen LogP contribution is -2.17. The van der Waals surface area contributed by atoms with Gasteiger partial charge in [-0.2, -0.15) is 10.2 Å². The lowest BCUT2D eigenvalue weighted by Gasteiger charge is -2.29. The van der Waals surface area contributed by atoms with Gasteiger partial charge in [0, 0.05) is 17.4 Å². The molecule has 0 radical (unpaired) electrons. The number of rotatable bonds is 7. The molecule has 2 aromatic rings. The van der Waals surface area contributed by atoms with Crippen molar-refractivity contribution >= 4 is 11.7 Å². The number of aryl methyl sites for hydroxylation is 1. The summed E-state index contributed by atoms with van der Waals surface area (Å²) in [6, 6.07) is 8.06. The fraction of sp³-hybridized carbons (Fsp3) is 0.480. The summed E-state index contributed by atoms with van der Waals surface area (Å²) < 4.78 is 11.0. The minimum atomic E-state index is -0.265. The standard InChI is InChI=1S/C25H32N2O4/c1-7-31-23(29)12-21(18-9-8-14(2)19(10-18)13-28)20-11-22(30-6)24-15(3)17(5)26-27-25(24)16(20)4/h8-11,15,17,21,28H,7,12-13H2,1-6H3. The molecule has 0 aliphatic carbocycles. The normalized spacial score (nSPS) is 18.4. The molecule has 1 aliphatic heterocycles. The molecule has 0 fully saturated rings. The van der Waals surface area contributed by atoms with Crippen molar-refractivity contribution in [2.75, 3.05) is 13.7 Å². The number of methoxy groups -OCH3 is 1. The van der Waals surface area contributed by atoms with Crippen LogP contribution in [0.15, 0.2) is 34.5 Å². The summed E-state index contributed by atoms with van der Waals surface area (Å²) in [5.74, 6) is 0.420. The molecule has 0 aromatic heterocycles. The molecule has 166 valence electrons. The van der Waals surface area contributed by atoms with Crippen molar-refractivity contribution in [3.63, 3.8) is 0 Å². The predicted octanol–water partition coefficient (Wildman–Crippen LogP) is 5.48. The molecule has 2 aromatic carbocycles. The number of aliphatic hydroxyl groups excluding tert-OH is 1. The van der Waals surface area contributed by atoms with Gasteiger partial charge >= 0.3 is 5.97 Å². The van der Waals surface area contributed by atoms with Crippen LogP contribution in [0.5, 0.6) is 5.75 Å². The molecule has 0 spiro atoms. The van der Waals surface area contributed by atoms with Crippen LogP contribution in [0.25, 0.3) is 0 Å². The summed E-state index contributed by atoms with van der Waals surface area (Å²) in [4.78, 5) is 12.5. The molecule has 1 N–H and O–H groups in total. The summed E-state index contributed by atoms with van der Waals surface area (Å²) in [6.45, 7) is 10.2. The van der Waals surface area contributed by atoms with E-state index in [2.05, 4.69) is 17.2 Å². The van der Waals surface area contributed by atoms with Gasteiger partial charge < -0.3 is 14.6 Å². The first-order valence-electron chi connectivity index (χ1n) is 10.8. The Morgan fingerprint density at radius 1 is 1.23 bits per heavy atom. The molecule has 0 amide bonds. The Balaban J connectivity index is 2.20. The van der Waals surface area contributed by atoms with Gasteiger partial charge in [-0.1, -0.05) is 25.1 Å². The van der Waals surface area contributed by atoms with Crippen molar-refractivity contribution in [1.82, 2.24) is 0 Å². The minimum absolute atomic E-state index is 0.0537. The number of hydrogen-bond acceptors (Lipinski definition) is 6. The number of esters is 1. The Kier molecular flexibility index (Phi) is 7.11. The quantitative estimate of drug-likeness (QED) is 0.597. The molecule has 0 bridgehead atoms. The van der Waals surface area contributed by atoms with Gasteiger partial charge in [0.25, 0.3) is 0 Å². The number of azo groups is 1. The van der Waals surface area contributed by atoms with Crippen molar-refractivity contribution in [2.45, 2.75) is 65.5 Å². The van der Waals surface area contributed by atoms with Gasteiger partial charge in [-0.3, -0.25) is 4.79 Å². The van der Waals surface area contributed by atoms with E-state index in [4.69, 9.17) is 9.47 Å². The van der Waals surface area contributed by atoms with E-state index >= 15 is 0 Å². The third kappa shape index (κ3) is 4.49. The first kappa shape index (κ1) is 22.9. The summed E-state index contributed by atoms with van der Waals surface area (Å²) in [5.41, 5.74) is 6.62. The molecule has 6 nitrogen and oxygen atoms in total. The smallest absolute Gasteiger partial charge is 0.306 e. The van der Waals surface area contributed by atoms with Crippen LogP contribution in [0.2, 0.25) is 0 Å². The maximum atomic E-state index is 12.5. The molecule has 1 aliphatic rings. The van der Waals surface area contributed by atoms with Crippen LogP contribution in [0.4, 0.5) is 5.69 Å². The SMILES string of the molecule is CCOC(=O)CC(c1ccc(C)c(CO)c1)c1cc(OC)c2c(c1C)N=NC(C)C2C. The van der Waals surface area contributed by atoms with E-state index in [-0.39, 0.29) is 36.9 Å². The van der Waals surface area contributed by atoms with E-state index < -0.39 is 0 Å². The Bertz CT molecular complexity index is 1000. The fourth-order valence-corrected chi connectivity index (χ4v) is 4.24. The number of aliphatic hydroxyl groups is 1. The van der Waals surface area contributed by atoms with Crippen molar-refractivity contribution < 1.29 is 19.4 Å². The van der Waals surface area contributed by atoms with Crippen molar-refractivity contribution in [3.05, 3.63) is 57.6 Å². The van der Waals surface area contributed by atoms with Crippen LogP contribution in [0.1, 0.15) is 72.4 Å². The van der Waals surface area contributed by atoms with Crippen LogP contribution < -0.4 is 4.74 Å². The number of ether oxygens (including phenoxy) is 2. The average Bonchev–Trinajstić information content (AvgIpc) is 2.76. The molecule has 0 saturated heterocycles. The second-order valence-electron chi connectivity index (χ2n) is 8.21. The molecule has 3 unspecified atom stereocenters. The first-order chi connectivity index (χ1) is 14.8. The Hall–Kier alpha value is -2.73. The second-order valence-corrected chi connectivity index (χ2v) is 8.21. The third-order valence-electron chi connectivity index (χ3n) is 6.33. The zero-order valence-electron chi connectivity index (χ0n) is 19.2. The van der Waals surface area contributed by atoms with Crippen molar-refractivity contribution in [2.24, 2.45) is 10.2 Å². The van der Waals surface area contributed by atoms with Gasteiger partial charge in [0.2, 0.25) is 0 Å². The third-order valence-corrected chi connectivity index (χ3v) is 6.33. The number of fused-ring (bicyclic) bond motifs is 1. The molecular formula is C25H32N2O4. The maximum absolute atomic E-state index is 12.5. The van der Waals surface area contributed by atoms with Crippen LogP contribution in [-0.4, -0.2) is 30.8 Å². The van der Waals surface area contributed by atoms with Crippen molar-refractivity contribution in [3.8, 4) is 5.75 Å². The average molecular weight is 425 g/mol. The fourth-order valence-electron chi connectivity index (χ4n) is 4.24. The summed E-state index contributed by atoms with van der Waals surface area (Å²) in [6.07, 6.45) is 0.188. The van der Waals surface area contributed by atoms with Crippen molar-refractivity contribution in [1.29, 1.82) is 0 Å². The van der Waals surface area contributed by atoms with Gasteiger partial charge in [-0.25, -0.2) is 0 Å². The van der Waals surface area contributed by atoms with E-state index in [1.807, 2.05) is 45.0 Å². The van der Waals surface area contributed by atoms with Gasteiger partial charge in [0.1, 0.15) is 5.75 Å². The van der Waals surface area contributed by atoms with E-state index in [0.29, 0.717) is 6.61 Å². The highest BCUT2D eigenvalue weighted by Gasteiger charge is 2.31. The van der Waals surface area contributed by atoms with E-state index in [9.17, 15) is 9.90 Å². The minimum Gasteiger partial charge on any atom is -0.496 e. The topological polar surface area (TPSA) is 80.5 Å². The molecule has 6 heteroatoms. The van der Waals surface area contributed by atoms with Crippen LogP contribution in [0.3, 0.4) is 0 Å². The van der Waals surface area contributed by atoms with Gasteiger partial charge in [-0.05, 0) is 61.6 Å². The highest BCUT2D eigenvalue weighted by atomic mass is 16.5. The van der Waals surface area contributed by atoms with E-state index in [1.54, 1.807) is 14.0 Å². The highest BCUT2D eigenvalue weighted by molar-refractivity contribution is 5.73. The molecular weight excluding hydrogens is 392 g/mol. The number of benzene rings is 2. The highest BCUT2D eigenvalue weighted by Crippen LogP contribution is 2.47. The number of carbonyl (C=O) groups excluding carboxylic acids is 1. The molecule has 3 rings (SSSR count). The van der Waals surface area contributed by atoms with Crippen LogP contribution in [-0.2, 0) is 16.1 Å². The Morgan fingerprint density at radius 2 is 1.97 bits per heavy atom. The monoisotopic (exact) mass is 424 g/mol. The van der Waals surface area contributed by atoms with E-state index in [0.717, 1.165) is 44.8 Å². The number of carbonyl (C=O) groups is 1. The maximum Gasteiger partial charge on any atom is 0.306 e. The zero-order chi connectivity index (χ0) is 22.7. The van der Waals surface area contributed by atoms with Gasteiger partial charge in [0.15, 0.2) is 0 Å². The number of hydrogen-bond donors (Lipinski definition) is 1. The number of nitrogens with zero attached hydrogens (tertiary/aromatic N) is 2. The second kappa shape index (κ2) is 9.60. The Labute approximate surface area is 184 Å². The predicted molar refractivity (Wildman–Crippen MR) is 120 cm³/mol. The lowest BCUT2D eigenvalue weighted by molar-refractivity contribution is -0.143.